The third-order valence-corrected chi connectivity index (χ3v) is 7.58. The quantitative estimate of drug-likeness (QED) is 0.348. The van der Waals surface area contributed by atoms with E-state index in [1.54, 1.807) is 37.7 Å². The predicted molar refractivity (Wildman–Crippen MR) is 152 cm³/mol. The molecule has 1 N–H and O–H groups in total. The number of carbonyl (C=O) groups is 1. The van der Waals surface area contributed by atoms with Crippen molar-refractivity contribution in [2.75, 3.05) is 13.7 Å². The molecule has 1 aliphatic rings. The van der Waals surface area contributed by atoms with Gasteiger partial charge in [-0.25, -0.2) is 9.79 Å². The monoisotopic (exact) mass is 545 g/mol. The van der Waals surface area contributed by atoms with Crippen LogP contribution in [0.3, 0.4) is 0 Å². The Labute approximate surface area is 229 Å². The third-order valence-electron chi connectivity index (χ3n) is 6.60. The molecule has 4 aromatic rings. The van der Waals surface area contributed by atoms with Gasteiger partial charge in [-0.15, -0.1) is 0 Å². The lowest BCUT2D eigenvalue weighted by Gasteiger charge is -2.25. The van der Waals surface area contributed by atoms with Crippen LogP contribution in [0, 0.1) is 6.92 Å². The van der Waals surface area contributed by atoms with E-state index in [4.69, 9.17) is 14.2 Å². The number of thiazole rings is 1. The molecule has 0 amide bonds. The average Bonchev–Trinajstić information content (AvgIpc) is 3.38. The van der Waals surface area contributed by atoms with E-state index in [2.05, 4.69) is 9.98 Å². The molecule has 0 saturated carbocycles. The van der Waals surface area contributed by atoms with Crippen molar-refractivity contribution in [1.29, 1.82) is 0 Å². The number of hydrogen-bond donors (Lipinski definition) is 1. The SMILES string of the molecule is CCOC(=O)C1=C(C)N=c2s/c(=C\c3c(C)[nH]c4ccccc34)c(=O)n2[C@H]1c1ccc(OC(C)C)c(OC)c1. The minimum absolute atomic E-state index is 0.0485. The van der Waals surface area contributed by atoms with Crippen LogP contribution in [-0.2, 0) is 9.53 Å². The highest BCUT2D eigenvalue weighted by molar-refractivity contribution is 7.07. The van der Waals surface area contributed by atoms with Gasteiger partial charge in [0.05, 0.1) is 41.7 Å². The molecule has 2 aromatic carbocycles. The number of aryl methyl sites for hydroxylation is 1. The normalized spacial score (nSPS) is 15.5. The van der Waals surface area contributed by atoms with Crippen LogP contribution in [0.25, 0.3) is 17.0 Å². The summed E-state index contributed by atoms with van der Waals surface area (Å²) in [5, 5.41) is 1.03. The number of aromatic amines is 1. The van der Waals surface area contributed by atoms with Gasteiger partial charge in [0.15, 0.2) is 16.3 Å². The zero-order chi connectivity index (χ0) is 27.8. The molecular weight excluding hydrogens is 514 g/mol. The molecule has 1 atom stereocenters. The molecule has 9 heteroatoms. The topological polar surface area (TPSA) is 94.9 Å². The van der Waals surface area contributed by atoms with Gasteiger partial charge in [0.1, 0.15) is 0 Å². The van der Waals surface area contributed by atoms with E-state index in [1.807, 2.05) is 57.2 Å². The van der Waals surface area contributed by atoms with Crippen LogP contribution < -0.4 is 24.4 Å². The van der Waals surface area contributed by atoms with Crippen molar-refractivity contribution in [2.24, 2.45) is 4.99 Å². The molecule has 2 aromatic heterocycles. The van der Waals surface area contributed by atoms with Crippen LogP contribution in [0.2, 0.25) is 0 Å². The second-order valence-corrected chi connectivity index (χ2v) is 10.6. The first-order chi connectivity index (χ1) is 18.7. The maximum atomic E-state index is 14.0. The average molecular weight is 546 g/mol. The number of hydrogen-bond acceptors (Lipinski definition) is 7. The maximum Gasteiger partial charge on any atom is 0.338 e. The maximum absolute atomic E-state index is 14.0. The lowest BCUT2D eigenvalue weighted by molar-refractivity contribution is -0.139. The van der Waals surface area contributed by atoms with Crippen molar-refractivity contribution in [3.63, 3.8) is 0 Å². The molecule has 0 bridgehead atoms. The Bertz CT molecular complexity index is 1790. The molecular formula is C30H31N3O5S. The van der Waals surface area contributed by atoms with Gasteiger partial charge in [-0.2, -0.15) is 0 Å². The molecule has 0 saturated heterocycles. The van der Waals surface area contributed by atoms with Crippen molar-refractivity contribution in [2.45, 2.75) is 46.8 Å². The molecule has 0 spiro atoms. The number of para-hydroxylation sites is 1. The van der Waals surface area contributed by atoms with E-state index in [9.17, 15) is 9.59 Å². The first-order valence-electron chi connectivity index (χ1n) is 12.8. The van der Waals surface area contributed by atoms with E-state index >= 15 is 0 Å². The number of carbonyl (C=O) groups excluding carboxylic acids is 1. The summed E-state index contributed by atoms with van der Waals surface area (Å²) in [4.78, 5) is 35.8. The number of H-pyrrole nitrogens is 1. The molecule has 0 radical (unpaired) electrons. The Morgan fingerprint density at radius 3 is 2.67 bits per heavy atom. The largest absolute Gasteiger partial charge is 0.493 e. The molecule has 0 unspecified atom stereocenters. The molecule has 202 valence electrons. The number of benzene rings is 2. The number of fused-ring (bicyclic) bond motifs is 2. The zero-order valence-corrected chi connectivity index (χ0v) is 23.6. The predicted octanol–water partition coefficient (Wildman–Crippen LogP) is 4.38. The van der Waals surface area contributed by atoms with Crippen LogP contribution in [0.1, 0.15) is 50.6 Å². The van der Waals surface area contributed by atoms with Gasteiger partial charge in [-0.3, -0.25) is 9.36 Å². The van der Waals surface area contributed by atoms with Crippen molar-refractivity contribution in [3.8, 4) is 11.5 Å². The number of aromatic nitrogens is 2. The molecule has 0 fully saturated rings. The second kappa shape index (κ2) is 10.6. The number of methoxy groups -OCH3 is 1. The summed E-state index contributed by atoms with van der Waals surface area (Å²) in [6, 6.07) is 12.7. The van der Waals surface area contributed by atoms with E-state index in [1.165, 1.54) is 11.3 Å². The Kier molecular flexibility index (Phi) is 7.18. The molecule has 1 aliphatic heterocycles. The van der Waals surface area contributed by atoms with Crippen LogP contribution in [-0.4, -0.2) is 35.3 Å². The number of rotatable bonds is 7. The minimum Gasteiger partial charge on any atom is -0.493 e. The number of ether oxygens (including phenoxy) is 3. The lowest BCUT2D eigenvalue weighted by Crippen LogP contribution is -2.40. The summed E-state index contributed by atoms with van der Waals surface area (Å²) in [5.41, 5.74) is 4.20. The van der Waals surface area contributed by atoms with E-state index in [-0.39, 0.29) is 18.3 Å². The first kappa shape index (κ1) is 26.5. The number of nitrogens with one attached hydrogen (secondary N) is 1. The fourth-order valence-corrected chi connectivity index (χ4v) is 5.96. The number of nitrogens with zero attached hydrogens (tertiary/aromatic N) is 2. The Morgan fingerprint density at radius 1 is 1.18 bits per heavy atom. The zero-order valence-electron chi connectivity index (χ0n) is 22.8. The highest BCUT2D eigenvalue weighted by atomic mass is 32.1. The standard InChI is InChI=1S/C30H31N3O5S/c1-7-37-29(35)26-18(5)32-30-33(27(26)19-12-13-23(38-16(2)3)24(14-19)36-6)28(34)25(39-30)15-21-17(4)31-22-11-9-8-10-20(21)22/h8-16,27,31H,7H2,1-6H3/b25-15-/t27-/m0/s1. The number of esters is 1. The van der Waals surface area contributed by atoms with Crippen LogP contribution in [0.4, 0.5) is 0 Å². The third kappa shape index (κ3) is 4.78. The van der Waals surface area contributed by atoms with Gasteiger partial charge in [0.25, 0.3) is 5.56 Å². The van der Waals surface area contributed by atoms with E-state index in [0.29, 0.717) is 37.7 Å². The van der Waals surface area contributed by atoms with Crippen LogP contribution in [0.5, 0.6) is 11.5 Å². The summed E-state index contributed by atoms with van der Waals surface area (Å²) < 4.78 is 19.0. The summed E-state index contributed by atoms with van der Waals surface area (Å²) in [7, 11) is 1.56. The molecule has 0 aliphatic carbocycles. The highest BCUT2D eigenvalue weighted by Crippen LogP contribution is 2.36. The lowest BCUT2D eigenvalue weighted by atomic mass is 9.95. The van der Waals surface area contributed by atoms with E-state index in [0.717, 1.165) is 22.2 Å². The fraction of sp³-hybridized carbons (Fsp3) is 0.300. The van der Waals surface area contributed by atoms with Crippen LogP contribution >= 0.6 is 11.3 Å². The van der Waals surface area contributed by atoms with Crippen molar-refractivity contribution in [3.05, 3.63) is 90.2 Å². The Morgan fingerprint density at radius 2 is 1.95 bits per heavy atom. The fourth-order valence-electron chi connectivity index (χ4n) is 4.93. The molecule has 39 heavy (non-hydrogen) atoms. The summed E-state index contributed by atoms with van der Waals surface area (Å²) in [6.45, 7) is 9.59. The van der Waals surface area contributed by atoms with Crippen molar-refractivity contribution >= 4 is 34.3 Å². The van der Waals surface area contributed by atoms with Gasteiger partial charge in [-0.05, 0) is 64.5 Å². The van der Waals surface area contributed by atoms with Crippen LogP contribution in [0.15, 0.2) is 63.5 Å². The van der Waals surface area contributed by atoms with Gasteiger partial charge >= 0.3 is 5.97 Å². The number of allylic oxidation sites excluding steroid dienone is 1. The molecule has 3 heterocycles. The van der Waals surface area contributed by atoms with Crippen molar-refractivity contribution in [1.82, 2.24) is 9.55 Å². The Balaban J connectivity index is 1.74. The smallest absolute Gasteiger partial charge is 0.338 e. The Hall–Kier alpha value is -4.11. The first-order valence-corrected chi connectivity index (χ1v) is 13.7. The minimum atomic E-state index is -0.742. The van der Waals surface area contributed by atoms with Gasteiger partial charge in [0.2, 0.25) is 0 Å². The van der Waals surface area contributed by atoms with Gasteiger partial charge in [-0.1, -0.05) is 35.6 Å². The van der Waals surface area contributed by atoms with Crippen molar-refractivity contribution < 1.29 is 19.0 Å². The van der Waals surface area contributed by atoms with E-state index < -0.39 is 12.0 Å². The highest BCUT2D eigenvalue weighted by Gasteiger charge is 2.34. The molecule has 5 rings (SSSR count). The van der Waals surface area contributed by atoms with Gasteiger partial charge < -0.3 is 19.2 Å². The summed E-state index contributed by atoms with van der Waals surface area (Å²) >= 11 is 1.30. The molecule has 8 nitrogen and oxygen atoms in total. The van der Waals surface area contributed by atoms with Gasteiger partial charge in [0, 0.05) is 22.2 Å². The second-order valence-electron chi connectivity index (χ2n) is 9.59. The summed E-state index contributed by atoms with van der Waals surface area (Å²) in [5.74, 6) is 0.583. The summed E-state index contributed by atoms with van der Waals surface area (Å²) in [6.07, 6.45) is 1.85.